The van der Waals surface area contributed by atoms with Crippen LogP contribution >= 0.6 is 12.4 Å². The van der Waals surface area contributed by atoms with Crippen molar-refractivity contribution in [1.82, 2.24) is 20.5 Å². The highest BCUT2D eigenvalue weighted by atomic mass is 35.5. The summed E-state index contributed by atoms with van der Waals surface area (Å²) in [6.45, 7) is 4.59. The van der Waals surface area contributed by atoms with Crippen molar-refractivity contribution in [1.29, 1.82) is 0 Å². The fourth-order valence-electron chi connectivity index (χ4n) is 3.14. The van der Waals surface area contributed by atoms with E-state index >= 15 is 0 Å². The van der Waals surface area contributed by atoms with Gasteiger partial charge in [-0.1, -0.05) is 6.07 Å². The lowest BCUT2D eigenvalue weighted by molar-refractivity contribution is -0.124. The van der Waals surface area contributed by atoms with Gasteiger partial charge in [-0.3, -0.25) is 14.7 Å². The molecule has 2 aliphatic rings. The quantitative estimate of drug-likeness (QED) is 0.846. The van der Waals surface area contributed by atoms with Crippen LogP contribution in [-0.4, -0.2) is 61.2 Å². The zero-order valence-corrected chi connectivity index (χ0v) is 14.1. The number of carbonyl (C=O) groups excluding carboxylic acids is 1. The highest BCUT2D eigenvalue weighted by Crippen LogP contribution is 2.20. The monoisotopic (exact) mass is 340 g/mol. The average molecular weight is 341 g/mol. The van der Waals surface area contributed by atoms with Gasteiger partial charge in [0.1, 0.15) is 0 Å². The Balaban J connectivity index is 0.00000192. The summed E-state index contributed by atoms with van der Waals surface area (Å²) >= 11 is 0. The summed E-state index contributed by atoms with van der Waals surface area (Å²) in [6, 6.07) is 4.50. The fourth-order valence-corrected chi connectivity index (χ4v) is 3.14. The molecule has 2 fully saturated rings. The van der Waals surface area contributed by atoms with Crippen molar-refractivity contribution >= 4 is 18.3 Å². The molecule has 23 heavy (non-hydrogen) atoms. The maximum Gasteiger partial charge on any atom is 0.234 e. The van der Waals surface area contributed by atoms with E-state index < -0.39 is 0 Å². The third-order valence-corrected chi connectivity index (χ3v) is 4.36. The Morgan fingerprint density at radius 1 is 1.43 bits per heavy atom. The minimum atomic E-state index is 0. The molecular formula is C16H25ClN4O2. The van der Waals surface area contributed by atoms with Crippen molar-refractivity contribution < 1.29 is 9.53 Å². The van der Waals surface area contributed by atoms with E-state index in [1.54, 1.807) is 6.20 Å². The molecule has 1 aromatic heterocycles. The Hall–Kier alpha value is -1.21. The van der Waals surface area contributed by atoms with Gasteiger partial charge in [0.15, 0.2) is 0 Å². The minimum Gasteiger partial charge on any atom is -0.381 e. The van der Waals surface area contributed by atoms with Gasteiger partial charge in [0.05, 0.1) is 6.54 Å². The molecule has 2 saturated heterocycles. The van der Waals surface area contributed by atoms with Gasteiger partial charge in [-0.15, -0.1) is 12.4 Å². The predicted octanol–water partition coefficient (Wildman–Crippen LogP) is 0.745. The van der Waals surface area contributed by atoms with Crippen molar-refractivity contribution in [2.45, 2.75) is 24.9 Å². The smallest absolute Gasteiger partial charge is 0.234 e. The first-order chi connectivity index (χ1) is 10.8. The number of piperazine rings is 1. The van der Waals surface area contributed by atoms with E-state index in [1.807, 2.05) is 12.3 Å². The number of ether oxygens (including phenoxy) is 1. The first-order valence-electron chi connectivity index (χ1n) is 8.05. The molecule has 3 rings (SSSR count). The van der Waals surface area contributed by atoms with Crippen LogP contribution in [0.5, 0.6) is 0 Å². The first kappa shape index (κ1) is 18.1. The van der Waals surface area contributed by atoms with Gasteiger partial charge in [-0.25, -0.2) is 0 Å². The Kier molecular flexibility index (Phi) is 7.23. The zero-order chi connectivity index (χ0) is 15.2. The first-order valence-corrected chi connectivity index (χ1v) is 8.05. The number of rotatable bonds is 4. The largest absolute Gasteiger partial charge is 0.381 e. The number of pyridine rings is 1. The molecule has 7 heteroatoms. The minimum absolute atomic E-state index is 0. The molecule has 0 bridgehead atoms. The van der Waals surface area contributed by atoms with Gasteiger partial charge in [-0.05, 0) is 24.5 Å². The molecule has 1 unspecified atom stereocenters. The third kappa shape index (κ3) is 5.14. The lowest BCUT2D eigenvalue weighted by Crippen LogP contribution is -2.51. The lowest BCUT2D eigenvalue weighted by Gasteiger charge is -2.36. The van der Waals surface area contributed by atoms with E-state index in [1.165, 1.54) is 0 Å². The van der Waals surface area contributed by atoms with Gasteiger partial charge < -0.3 is 15.4 Å². The summed E-state index contributed by atoms with van der Waals surface area (Å²) in [6.07, 6.45) is 5.50. The Morgan fingerprint density at radius 3 is 3.00 bits per heavy atom. The molecule has 128 valence electrons. The second kappa shape index (κ2) is 9.17. The maximum atomic E-state index is 12.3. The topological polar surface area (TPSA) is 66.5 Å². The van der Waals surface area contributed by atoms with Gasteiger partial charge >= 0.3 is 0 Å². The molecule has 6 nitrogen and oxygen atoms in total. The van der Waals surface area contributed by atoms with E-state index in [9.17, 15) is 4.79 Å². The molecular weight excluding hydrogens is 316 g/mol. The standard InChI is InChI=1S/C16H24N4O2.ClH/c21-16(19-14-3-8-22-9-4-14)12-20-7-6-18-11-15(20)13-2-1-5-17-10-13;/h1-2,5,10,14-15,18H,3-4,6-9,11-12H2,(H,19,21);1H. The summed E-state index contributed by atoms with van der Waals surface area (Å²) < 4.78 is 5.33. The van der Waals surface area contributed by atoms with E-state index in [-0.39, 0.29) is 30.4 Å². The molecule has 0 aliphatic carbocycles. The van der Waals surface area contributed by atoms with Gasteiger partial charge in [0, 0.05) is 57.3 Å². The summed E-state index contributed by atoms with van der Waals surface area (Å²) in [5.41, 5.74) is 1.16. The number of hydrogen-bond acceptors (Lipinski definition) is 5. The van der Waals surface area contributed by atoms with Crippen LogP contribution in [-0.2, 0) is 9.53 Å². The summed E-state index contributed by atoms with van der Waals surface area (Å²) in [5.74, 6) is 0.114. The van der Waals surface area contributed by atoms with Crippen LogP contribution in [0.15, 0.2) is 24.5 Å². The molecule has 1 atom stereocenters. The average Bonchev–Trinajstić information content (AvgIpc) is 2.57. The van der Waals surface area contributed by atoms with Crippen molar-refractivity contribution in [2.24, 2.45) is 0 Å². The number of halogens is 1. The summed E-state index contributed by atoms with van der Waals surface area (Å²) in [5, 5.41) is 6.54. The van der Waals surface area contributed by atoms with Crippen molar-refractivity contribution in [2.75, 3.05) is 39.4 Å². The Bertz CT molecular complexity index is 482. The Morgan fingerprint density at radius 2 is 2.26 bits per heavy atom. The molecule has 0 saturated carbocycles. The summed E-state index contributed by atoms with van der Waals surface area (Å²) in [7, 11) is 0. The number of amides is 1. The van der Waals surface area contributed by atoms with E-state index in [0.717, 1.165) is 51.3 Å². The number of aromatic nitrogens is 1. The van der Waals surface area contributed by atoms with Crippen molar-refractivity contribution in [3.8, 4) is 0 Å². The second-order valence-electron chi connectivity index (χ2n) is 5.93. The van der Waals surface area contributed by atoms with Gasteiger partial charge in [0.2, 0.25) is 5.91 Å². The maximum absolute atomic E-state index is 12.3. The van der Waals surface area contributed by atoms with Crippen LogP contribution in [0, 0.1) is 0 Å². The van der Waals surface area contributed by atoms with Crippen LogP contribution in [0.2, 0.25) is 0 Å². The van der Waals surface area contributed by atoms with Gasteiger partial charge in [-0.2, -0.15) is 0 Å². The normalized spacial score (nSPS) is 23.0. The predicted molar refractivity (Wildman–Crippen MR) is 90.7 cm³/mol. The van der Waals surface area contributed by atoms with Crippen LogP contribution < -0.4 is 10.6 Å². The molecule has 2 aliphatic heterocycles. The highest BCUT2D eigenvalue weighted by Gasteiger charge is 2.26. The highest BCUT2D eigenvalue weighted by molar-refractivity contribution is 5.85. The van der Waals surface area contributed by atoms with Crippen LogP contribution in [0.1, 0.15) is 24.4 Å². The van der Waals surface area contributed by atoms with E-state index in [4.69, 9.17) is 4.74 Å². The number of nitrogens with zero attached hydrogens (tertiary/aromatic N) is 2. The van der Waals surface area contributed by atoms with Crippen LogP contribution in [0.4, 0.5) is 0 Å². The SMILES string of the molecule is Cl.O=C(CN1CCNCC1c1cccnc1)NC1CCOCC1. The molecule has 1 amide bonds. The second-order valence-corrected chi connectivity index (χ2v) is 5.93. The Labute approximate surface area is 143 Å². The van der Waals surface area contributed by atoms with E-state index in [0.29, 0.717) is 6.54 Å². The van der Waals surface area contributed by atoms with Crippen molar-refractivity contribution in [3.05, 3.63) is 30.1 Å². The number of hydrogen-bond donors (Lipinski definition) is 2. The van der Waals surface area contributed by atoms with Gasteiger partial charge in [0.25, 0.3) is 0 Å². The third-order valence-electron chi connectivity index (χ3n) is 4.36. The number of carbonyl (C=O) groups is 1. The van der Waals surface area contributed by atoms with Crippen molar-refractivity contribution in [3.63, 3.8) is 0 Å². The van der Waals surface area contributed by atoms with E-state index in [2.05, 4.69) is 26.6 Å². The van der Waals surface area contributed by atoms with Crippen LogP contribution in [0.25, 0.3) is 0 Å². The zero-order valence-electron chi connectivity index (χ0n) is 13.2. The molecule has 0 aromatic carbocycles. The molecule has 0 spiro atoms. The number of nitrogens with one attached hydrogen (secondary N) is 2. The molecule has 1 aromatic rings. The lowest BCUT2D eigenvalue weighted by atomic mass is 10.1. The molecule has 2 N–H and O–H groups in total. The molecule has 0 radical (unpaired) electrons. The van der Waals surface area contributed by atoms with Crippen LogP contribution in [0.3, 0.4) is 0 Å². The molecule has 3 heterocycles. The summed E-state index contributed by atoms with van der Waals surface area (Å²) in [4.78, 5) is 18.8. The fraction of sp³-hybridized carbons (Fsp3) is 0.625.